The van der Waals surface area contributed by atoms with Crippen LogP contribution in [0.15, 0.2) is 0 Å². The van der Waals surface area contributed by atoms with Gasteiger partial charge in [-0.25, -0.2) is 0 Å². The summed E-state index contributed by atoms with van der Waals surface area (Å²) in [6.07, 6.45) is 0.855. The van der Waals surface area contributed by atoms with Crippen molar-refractivity contribution in [2.24, 2.45) is 11.7 Å². The molecule has 17 heavy (non-hydrogen) atoms. The number of piperazine rings is 1. The average Bonchev–Trinajstić information content (AvgIpc) is 2.29. The normalized spacial score (nSPS) is 22.9. The summed E-state index contributed by atoms with van der Waals surface area (Å²) in [5.41, 5.74) is 5.14. The van der Waals surface area contributed by atoms with Gasteiger partial charge in [-0.05, 0) is 19.8 Å². The van der Waals surface area contributed by atoms with Gasteiger partial charge in [0.1, 0.15) is 5.54 Å². The molecule has 1 aliphatic rings. The van der Waals surface area contributed by atoms with Gasteiger partial charge in [0.25, 0.3) is 0 Å². The Morgan fingerprint density at radius 2 is 2.18 bits per heavy atom. The van der Waals surface area contributed by atoms with Crippen molar-refractivity contribution in [1.82, 2.24) is 10.2 Å². The molecule has 0 aromatic carbocycles. The Morgan fingerprint density at radius 1 is 1.59 bits per heavy atom. The van der Waals surface area contributed by atoms with Crippen molar-refractivity contribution < 1.29 is 9.59 Å². The summed E-state index contributed by atoms with van der Waals surface area (Å²) in [6, 6.07) is -0.523. The zero-order chi connectivity index (χ0) is 13.2. The van der Waals surface area contributed by atoms with E-state index in [1.165, 1.54) is 0 Å². The topological polar surface area (TPSA) is 75.4 Å². The number of carbonyl (C=O) groups excluding carboxylic acids is 2. The minimum atomic E-state index is -0.805. The Kier molecular flexibility index (Phi) is 4.14. The van der Waals surface area contributed by atoms with Crippen molar-refractivity contribution in [3.63, 3.8) is 0 Å². The van der Waals surface area contributed by atoms with E-state index in [1.54, 1.807) is 18.7 Å². The third-order valence-electron chi connectivity index (χ3n) is 3.66. The molecule has 0 radical (unpaired) electrons. The number of nitrogens with two attached hydrogens (primary N) is 1. The molecule has 0 aliphatic carbocycles. The van der Waals surface area contributed by atoms with Crippen molar-refractivity contribution in [3.05, 3.63) is 0 Å². The van der Waals surface area contributed by atoms with Crippen molar-refractivity contribution >= 4 is 11.8 Å². The molecule has 5 heteroatoms. The summed E-state index contributed by atoms with van der Waals surface area (Å²) >= 11 is 0. The molecule has 1 aliphatic heterocycles. The first-order valence-electron chi connectivity index (χ1n) is 6.17. The summed E-state index contributed by atoms with van der Waals surface area (Å²) in [6.45, 7) is 8.50. The highest BCUT2D eigenvalue weighted by Gasteiger charge is 2.42. The fourth-order valence-electron chi connectivity index (χ4n) is 1.96. The maximum atomic E-state index is 12.3. The molecule has 2 amide bonds. The van der Waals surface area contributed by atoms with Gasteiger partial charge in [-0.1, -0.05) is 20.3 Å². The molecular weight excluding hydrogens is 218 g/mol. The van der Waals surface area contributed by atoms with Crippen LogP contribution in [0, 0.1) is 5.92 Å². The van der Waals surface area contributed by atoms with Gasteiger partial charge in [0.15, 0.2) is 0 Å². The van der Waals surface area contributed by atoms with Crippen molar-refractivity contribution in [2.75, 3.05) is 13.1 Å². The molecule has 0 saturated carbocycles. The molecule has 0 unspecified atom stereocenters. The molecule has 0 bridgehead atoms. The van der Waals surface area contributed by atoms with Crippen LogP contribution in [0.1, 0.15) is 34.1 Å². The fraction of sp³-hybridized carbons (Fsp3) is 0.833. The van der Waals surface area contributed by atoms with Gasteiger partial charge in [0, 0.05) is 13.1 Å². The Bertz CT molecular complexity index is 315. The zero-order valence-electron chi connectivity index (χ0n) is 11.1. The first-order chi connectivity index (χ1) is 7.82. The van der Waals surface area contributed by atoms with E-state index in [9.17, 15) is 9.59 Å². The first-order valence-corrected chi connectivity index (χ1v) is 6.17. The zero-order valence-corrected chi connectivity index (χ0v) is 11.1. The SMILES string of the molecule is CC[C@H](C)[C@H](N)C(=O)N1CCNC(=O)C1(C)C. The van der Waals surface area contributed by atoms with Gasteiger partial charge in [0.05, 0.1) is 6.04 Å². The quantitative estimate of drug-likeness (QED) is 0.735. The number of nitrogens with one attached hydrogen (secondary N) is 1. The first kappa shape index (κ1) is 14.0. The van der Waals surface area contributed by atoms with E-state index in [4.69, 9.17) is 5.73 Å². The summed E-state index contributed by atoms with van der Waals surface area (Å²) in [7, 11) is 0. The van der Waals surface area contributed by atoms with Gasteiger partial charge in [-0.15, -0.1) is 0 Å². The lowest BCUT2D eigenvalue weighted by Crippen LogP contribution is -2.66. The van der Waals surface area contributed by atoms with Crippen molar-refractivity contribution in [3.8, 4) is 0 Å². The van der Waals surface area contributed by atoms with Crippen LogP contribution in [0.5, 0.6) is 0 Å². The Balaban J connectivity index is 2.84. The highest BCUT2D eigenvalue weighted by molar-refractivity contribution is 5.93. The van der Waals surface area contributed by atoms with E-state index in [0.717, 1.165) is 6.42 Å². The molecule has 5 nitrogen and oxygen atoms in total. The van der Waals surface area contributed by atoms with Crippen molar-refractivity contribution in [1.29, 1.82) is 0 Å². The predicted octanol–water partition coefficient (Wildman–Crippen LogP) is 0.0968. The summed E-state index contributed by atoms with van der Waals surface area (Å²) in [4.78, 5) is 25.6. The standard InChI is InChI=1S/C12H23N3O2/c1-5-8(2)9(13)10(16)15-7-6-14-11(17)12(15,3)4/h8-9H,5-7,13H2,1-4H3,(H,14,17)/t8-,9-/m0/s1. The highest BCUT2D eigenvalue weighted by atomic mass is 16.2. The number of carbonyl (C=O) groups is 2. The second kappa shape index (κ2) is 5.04. The lowest BCUT2D eigenvalue weighted by Gasteiger charge is -2.42. The van der Waals surface area contributed by atoms with E-state index in [0.29, 0.717) is 13.1 Å². The Labute approximate surface area is 103 Å². The van der Waals surface area contributed by atoms with Gasteiger partial charge < -0.3 is 16.0 Å². The number of hydrogen-bond donors (Lipinski definition) is 2. The van der Waals surface area contributed by atoms with Gasteiger partial charge in [-0.2, -0.15) is 0 Å². The van der Waals surface area contributed by atoms with Crippen LogP contribution in [-0.2, 0) is 9.59 Å². The van der Waals surface area contributed by atoms with Crippen LogP contribution in [-0.4, -0.2) is 41.4 Å². The monoisotopic (exact) mass is 241 g/mol. The van der Waals surface area contributed by atoms with E-state index < -0.39 is 11.6 Å². The van der Waals surface area contributed by atoms with Gasteiger partial charge in [-0.3, -0.25) is 9.59 Å². The Hall–Kier alpha value is -1.10. The van der Waals surface area contributed by atoms with Crippen LogP contribution in [0.4, 0.5) is 0 Å². The second-order valence-electron chi connectivity index (χ2n) is 5.22. The van der Waals surface area contributed by atoms with Crippen LogP contribution >= 0.6 is 0 Å². The number of rotatable bonds is 3. The van der Waals surface area contributed by atoms with Crippen LogP contribution in [0.3, 0.4) is 0 Å². The number of hydrogen-bond acceptors (Lipinski definition) is 3. The minimum Gasteiger partial charge on any atom is -0.352 e. The average molecular weight is 241 g/mol. The molecule has 0 spiro atoms. The van der Waals surface area contributed by atoms with Crippen molar-refractivity contribution in [2.45, 2.75) is 45.7 Å². The number of amides is 2. The van der Waals surface area contributed by atoms with E-state index in [2.05, 4.69) is 5.32 Å². The third-order valence-corrected chi connectivity index (χ3v) is 3.66. The van der Waals surface area contributed by atoms with Gasteiger partial charge in [0.2, 0.25) is 11.8 Å². The summed E-state index contributed by atoms with van der Waals surface area (Å²) in [5, 5.41) is 2.77. The van der Waals surface area contributed by atoms with E-state index in [-0.39, 0.29) is 17.7 Å². The minimum absolute atomic E-state index is 0.117. The largest absolute Gasteiger partial charge is 0.352 e. The third kappa shape index (κ3) is 2.60. The lowest BCUT2D eigenvalue weighted by molar-refractivity contribution is -0.150. The van der Waals surface area contributed by atoms with E-state index >= 15 is 0 Å². The van der Waals surface area contributed by atoms with E-state index in [1.807, 2.05) is 13.8 Å². The van der Waals surface area contributed by atoms with Gasteiger partial charge >= 0.3 is 0 Å². The Morgan fingerprint density at radius 3 is 2.71 bits per heavy atom. The molecule has 3 N–H and O–H groups in total. The van der Waals surface area contributed by atoms with Crippen LogP contribution in [0.25, 0.3) is 0 Å². The summed E-state index contributed by atoms with van der Waals surface area (Å²) < 4.78 is 0. The second-order valence-corrected chi connectivity index (χ2v) is 5.22. The van der Waals surface area contributed by atoms with Crippen LogP contribution < -0.4 is 11.1 Å². The smallest absolute Gasteiger partial charge is 0.245 e. The highest BCUT2D eigenvalue weighted by Crippen LogP contribution is 2.20. The molecule has 0 aromatic rings. The molecule has 1 saturated heterocycles. The fourth-order valence-corrected chi connectivity index (χ4v) is 1.96. The maximum absolute atomic E-state index is 12.3. The van der Waals surface area contributed by atoms with Crippen LogP contribution in [0.2, 0.25) is 0 Å². The molecular formula is C12H23N3O2. The molecule has 0 aromatic heterocycles. The number of nitrogens with zero attached hydrogens (tertiary/aromatic N) is 1. The maximum Gasteiger partial charge on any atom is 0.245 e. The lowest BCUT2D eigenvalue weighted by atomic mass is 9.93. The molecule has 1 rings (SSSR count). The molecule has 1 heterocycles. The predicted molar refractivity (Wildman–Crippen MR) is 66.2 cm³/mol. The molecule has 2 atom stereocenters. The summed E-state index contributed by atoms with van der Waals surface area (Å²) in [5.74, 6) is -0.115. The molecule has 1 fully saturated rings. The molecule has 98 valence electrons.